The van der Waals surface area contributed by atoms with E-state index in [0.29, 0.717) is 23.0 Å². The zero-order valence-corrected chi connectivity index (χ0v) is 16.0. The summed E-state index contributed by atoms with van der Waals surface area (Å²) < 4.78 is 5.67. The lowest BCUT2D eigenvalue weighted by atomic mass is 9.90. The molecule has 4 rings (SSSR count). The van der Waals surface area contributed by atoms with Crippen molar-refractivity contribution in [3.63, 3.8) is 0 Å². The third kappa shape index (κ3) is 3.21. The first-order valence-corrected chi connectivity index (χ1v) is 9.58. The summed E-state index contributed by atoms with van der Waals surface area (Å²) in [5.74, 6) is 1.31. The predicted molar refractivity (Wildman–Crippen MR) is 105 cm³/mol. The average Bonchev–Trinajstić information content (AvgIpc) is 3.02. The fraction of sp³-hybridized carbons (Fsp3) is 0.429. The van der Waals surface area contributed by atoms with Crippen molar-refractivity contribution in [2.45, 2.75) is 39.5 Å². The summed E-state index contributed by atoms with van der Waals surface area (Å²) in [6.45, 7) is 3.99. The second kappa shape index (κ2) is 6.89. The maximum Gasteiger partial charge on any atom is 0.280 e. The number of fused-ring (bicyclic) bond motifs is 1. The maximum absolute atomic E-state index is 12.4. The monoisotopic (exact) mass is 381 g/mol. The molecule has 146 valence electrons. The van der Waals surface area contributed by atoms with Gasteiger partial charge in [-0.1, -0.05) is 25.8 Å². The summed E-state index contributed by atoms with van der Waals surface area (Å²) in [5.41, 5.74) is 3.98. The van der Waals surface area contributed by atoms with Crippen LogP contribution in [0, 0.1) is 34.3 Å². The number of hydrazone groups is 1. The van der Waals surface area contributed by atoms with E-state index in [1.165, 1.54) is 25.1 Å². The summed E-state index contributed by atoms with van der Waals surface area (Å²) in [6.07, 6.45) is 6.05. The highest BCUT2D eigenvalue weighted by molar-refractivity contribution is 5.85. The largest absolute Gasteiger partial charge is 0.455 e. The van der Waals surface area contributed by atoms with E-state index in [0.717, 1.165) is 18.4 Å². The lowest BCUT2D eigenvalue weighted by molar-refractivity contribution is -0.384. The zero-order valence-electron chi connectivity index (χ0n) is 16.0. The van der Waals surface area contributed by atoms with E-state index in [2.05, 4.69) is 17.5 Å². The summed E-state index contributed by atoms with van der Waals surface area (Å²) in [6, 6.07) is 8.32. The fourth-order valence-electron chi connectivity index (χ4n) is 4.65. The lowest BCUT2D eigenvalue weighted by Gasteiger charge is -2.15. The van der Waals surface area contributed by atoms with Gasteiger partial charge in [-0.15, -0.1) is 0 Å². The molecule has 2 aromatic rings. The number of nitrogens with one attached hydrogen (secondary N) is 1. The van der Waals surface area contributed by atoms with Crippen LogP contribution in [0.3, 0.4) is 0 Å². The molecule has 2 saturated carbocycles. The van der Waals surface area contributed by atoms with E-state index in [-0.39, 0.29) is 22.9 Å². The van der Waals surface area contributed by atoms with Crippen LogP contribution in [-0.4, -0.2) is 17.0 Å². The second-order valence-electron chi connectivity index (χ2n) is 8.05. The van der Waals surface area contributed by atoms with Gasteiger partial charge in [-0.25, -0.2) is 5.43 Å². The molecule has 2 aliphatic rings. The molecule has 1 aromatic heterocycles. The molecule has 3 atom stereocenters. The van der Waals surface area contributed by atoms with Crippen molar-refractivity contribution in [3.8, 4) is 11.3 Å². The number of amides is 1. The molecule has 28 heavy (non-hydrogen) atoms. The Bertz CT molecular complexity index is 964. The van der Waals surface area contributed by atoms with Crippen LogP contribution < -0.4 is 5.43 Å². The highest BCUT2D eigenvalue weighted by Crippen LogP contribution is 2.66. The first kappa shape index (κ1) is 18.4. The van der Waals surface area contributed by atoms with Gasteiger partial charge in [0.1, 0.15) is 11.5 Å². The van der Waals surface area contributed by atoms with Gasteiger partial charge in [-0.05, 0) is 54.9 Å². The number of benzene rings is 1. The van der Waals surface area contributed by atoms with Gasteiger partial charge in [-0.2, -0.15) is 5.10 Å². The molecular formula is C21H23N3O4. The molecule has 2 aliphatic carbocycles. The van der Waals surface area contributed by atoms with Crippen molar-refractivity contribution in [1.82, 2.24) is 5.43 Å². The van der Waals surface area contributed by atoms with Crippen molar-refractivity contribution in [1.29, 1.82) is 0 Å². The molecule has 0 bridgehead atoms. The van der Waals surface area contributed by atoms with E-state index in [1.54, 1.807) is 31.2 Å². The standard InChI is InChI=1S/C21H23N3O4/c1-13-6-8-15(17(11-13)24(26)27)18-9-7-14(28-18)12-22-23-20(25)19-16-5-3-4-10-21(16,19)2/h6-9,11-12,16,19H,3-5,10H2,1-2H3,(H,23,25)/b22-12+/t16-,19+,21+/m1/s1. The molecule has 0 aliphatic heterocycles. The van der Waals surface area contributed by atoms with Crippen LogP contribution in [0.15, 0.2) is 39.9 Å². The first-order chi connectivity index (χ1) is 13.4. The van der Waals surface area contributed by atoms with Crippen molar-refractivity contribution in [3.05, 3.63) is 51.8 Å². The van der Waals surface area contributed by atoms with E-state index in [9.17, 15) is 14.9 Å². The highest BCUT2D eigenvalue weighted by Gasteiger charge is 2.64. The van der Waals surface area contributed by atoms with Gasteiger partial charge in [0, 0.05) is 12.0 Å². The zero-order chi connectivity index (χ0) is 19.9. The Hall–Kier alpha value is -2.96. The number of carbonyl (C=O) groups excluding carboxylic acids is 1. The number of nitrogens with zero attached hydrogens (tertiary/aromatic N) is 2. The van der Waals surface area contributed by atoms with Crippen molar-refractivity contribution in [2.75, 3.05) is 0 Å². The predicted octanol–water partition coefficient (Wildman–Crippen LogP) is 4.44. The van der Waals surface area contributed by atoms with E-state index >= 15 is 0 Å². The molecule has 1 aromatic carbocycles. The van der Waals surface area contributed by atoms with Gasteiger partial charge >= 0.3 is 0 Å². The second-order valence-corrected chi connectivity index (χ2v) is 8.05. The van der Waals surface area contributed by atoms with Crippen LogP contribution in [0.2, 0.25) is 0 Å². The summed E-state index contributed by atoms with van der Waals surface area (Å²) >= 11 is 0. The number of rotatable bonds is 5. The van der Waals surface area contributed by atoms with Gasteiger partial charge in [0.2, 0.25) is 5.91 Å². The van der Waals surface area contributed by atoms with Crippen molar-refractivity contribution in [2.24, 2.45) is 22.4 Å². The van der Waals surface area contributed by atoms with Gasteiger partial charge in [0.25, 0.3) is 5.69 Å². The summed E-state index contributed by atoms with van der Waals surface area (Å²) in [5, 5.41) is 15.3. The molecule has 1 N–H and O–H groups in total. The van der Waals surface area contributed by atoms with Gasteiger partial charge in [0.15, 0.2) is 0 Å². The Morgan fingerprint density at radius 3 is 2.89 bits per heavy atom. The van der Waals surface area contributed by atoms with Crippen LogP contribution in [0.4, 0.5) is 5.69 Å². The Labute approximate surface area is 163 Å². The lowest BCUT2D eigenvalue weighted by Crippen LogP contribution is -2.22. The van der Waals surface area contributed by atoms with E-state index in [4.69, 9.17) is 4.42 Å². The maximum atomic E-state index is 12.4. The Morgan fingerprint density at radius 2 is 2.18 bits per heavy atom. The molecule has 7 nitrogen and oxygen atoms in total. The minimum Gasteiger partial charge on any atom is -0.455 e. The van der Waals surface area contributed by atoms with Crippen LogP contribution in [-0.2, 0) is 4.79 Å². The number of aryl methyl sites for hydroxylation is 1. The minimum atomic E-state index is -0.422. The molecule has 1 amide bonds. The first-order valence-electron chi connectivity index (χ1n) is 9.58. The molecule has 7 heteroatoms. The highest BCUT2D eigenvalue weighted by atomic mass is 16.6. The van der Waals surface area contributed by atoms with Crippen molar-refractivity contribution < 1.29 is 14.1 Å². The van der Waals surface area contributed by atoms with Gasteiger partial charge < -0.3 is 4.42 Å². The topological polar surface area (TPSA) is 97.7 Å². The number of nitro benzene ring substituents is 1. The van der Waals surface area contributed by atoms with Crippen molar-refractivity contribution >= 4 is 17.8 Å². The van der Waals surface area contributed by atoms with Gasteiger partial charge in [0.05, 0.1) is 16.7 Å². The van der Waals surface area contributed by atoms with Gasteiger partial charge in [-0.3, -0.25) is 14.9 Å². The van der Waals surface area contributed by atoms with E-state index < -0.39 is 4.92 Å². The average molecular weight is 381 g/mol. The molecule has 1 heterocycles. The number of hydrogen-bond donors (Lipinski definition) is 1. The van der Waals surface area contributed by atoms with Crippen LogP contribution in [0.25, 0.3) is 11.3 Å². The smallest absolute Gasteiger partial charge is 0.280 e. The molecular weight excluding hydrogens is 358 g/mol. The number of nitro groups is 1. The van der Waals surface area contributed by atoms with Crippen LogP contribution in [0.5, 0.6) is 0 Å². The normalized spacial score (nSPS) is 26.1. The molecule has 0 spiro atoms. The van der Waals surface area contributed by atoms with E-state index in [1.807, 2.05) is 0 Å². The Balaban J connectivity index is 1.43. The molecule has 0 unspecified atom stereocenters. The SMILES string of the molecule is Cc1ccc(-c2ccc(/C=N/NC(=O)[C@@H]3[C@H]4CCCC[C@@]43C)o2)c([N+](=O)[O-])c1. The number of hydrogen-bond acceptors (Lipinski definition) is 5. The third-order valence-corrected chi connectivity index (χ3v) is 6.22. The summed E-state index contributed by atoms with van der Waals surface area (Å²) in [7, 11) is 0. The minimum absolute atomic E-state index is 0.00396. The molecule has 2 fully saturated rings. The molecule has 0 saturated heterocycles. The Kier molecular flexibility index (Phi) is 4.53. The Morgan fingerprint density at radius 1 is 1.36 bits per heavy atom. The summed E-state index contributed by atoms with van der Waals surface area (Å²) in [4.78, 5) is 23.3. The quantitative estimate of drug-likeness (QED) is 0.470. The number of carbonyl (C=O) groups is 1. The molecule has 0 radical (unpaired) electrons. The number of furan rings is 1. The van der Waals surface area contributed by atoms with Crippen LogP contribution in [0.1, 0.15) is 43.9 Å². The fourth-order valence-corrected chi connectivity index (χ4v) is 4.65. The third-order valence-electron chi connectivity index (χ3n) is 6.22. The van der Waals surface area contributed by atoms with Crippen LogP contribution >= 0.6 is 0 Å².